The molecule has 1 atom stereocenters. The maximum Gasteiger partial charge on any atom is 0.414 e. The lowest BCUT2D eigenvalue weighted by molar-refractivity contribution is -0.119. The van der Waals surface area contributed by atoms with E-state index in [2.05, 4.69) is 5.32 Å². The number of methoxy groups -OCH3 is 1. The molecule has 1 aliphatic rings. The highest BCUT2D eigenvalue weighted by Gasteiger charge is 2.32. The van der Waals surface area contributed by atoms with Crippen LogP contribution in [0.25, 0.3) is 11.1 Å². The summed E-state index contributed by atoms with van der Waals surface area (Å²) in [5, 5.41) is 2.59. The monoisotopic (exact) mass is 386 g/mol. The van der Waals surface area contributed by atoms with Crippen molar-refractivity contribution in [3.63, 3.8) is 0 Å². The van der Waals surface area contributed by atoms with Gasteiger partial charge in [-0.3, -0.25) is 14.5 Å². The predicted molar refractivity (Wildman–Crippen MR) is 101 cm³/mol. The third-order valence-electron chi connectivity index (χ3n) is 4.32. The Hall–Kier alpha value is -3.42. The number of nitrogens with one attached hydrogen (secondary N) is 1. The second-order valence-corrected chi connectivity index (χ2v) is 6.27. The summed E-state index contributed by atoms with van der Waals surface area (Å²) >= 11 is 0. The van der Waals surface area contributed by atoms with Crippen LogP contribution in [-0.2, 0) is 9.53 Å². The number of halogens is 1. The summed E-state index contributed by atoms with van der Waals surface area (Å²) in [7, 11) is 1.39. The van der Waals surface area contributed by atoms with Crippen molar-refractivity contribution >= 4 is 17.7 Å². The number of carbonyl (C=O) groups is 2. The SMILES string of the molecule is COc1ccc(-c2ccc(N3C[C@H](CNC(C)=O)OC3=O)cc2F)ccc1=O. The molecule has 0 aromatic heterocycles. The molecule has 1 N–H and O–H groups in total. The Labute approximate surface area is 160 Å². The fourth-order valence-electron chi connectivity index (χ4n) is 2.90. The molecule has 0 radical (unpaired) electrons. The van der Waals surface area contributed by atoms with Gasteiger partial charge in [-0.05, 0) is 35.9 Å². The smallest absolute Gasteiger partial charge is 0.414 e. The summed E-state index contributed by atoms with van der Waals surface area (Å²) in [4.78, 5) is 36.2. The van der Waals surface area contributed by atoms with Crippen molar-refractivity contribution in [2.24, 2.45) is 0 Å². The van der Waals surface area contributed by atoms with Crippen LogP contribution in [0.1, 0.15) is 6.92 Å². The first-order valence-electron chi connectivity index (χ1n) is 8.60. The number of benzene rings is 1. The number of rotatable bonds is 5. The summed E-state index contributed by atoms with van der Waals surface area (Å²) in [6.45, 7) is 1.77. The zero-order chi connectivity index (χ0) is 20.3. The van der Waals surface area contributed by atoms with Crippen LogP contribution < -0.4 is 20.4 Å². The molecule has 2 amide bonds. The van der Waals surface area contributed by atoms with Crippen molar-refractivity contribution in [2.45, 2.75) is 13.0 Å². The second-order valence-electron chi connectivity index (χ2n) is 6.27. The maximum absolute atomic E-state index is 14.7. The van der Waals surface area contributed by atoms with Crippen LogP contribution in [0.15, 0.2) is 47.3 Å². The van der Waals surface area contributed by atoms with E-state index in [4.69, 9.17) is 9.47 Å². The first-order chi connectivity index (χ1) is 13.4. The van der Waals surface area contributed by atoms with Crippen LogP contribution in [0.3, 0.4) is 0 Å². The van der Waals surface area contributed by atoms with E-state index in [0.29, 0.717) is 11.3 Å². The van der Waals surface area contributed by atoms with Gasteiger partial charge in [0.05, 0.1) is 25.9 Å². The van der Waals surface area contributed by atoms with Gasteiger partial charge in [-0.2, -0.15) is 0 Å². The van der Waals surface area contributed by atoms with Gasteiger partial charge < -0.3 is 14.8 Å². The fourth-order valence-corrected chi connectivity index (χ4v) is 2.90. The first kappa shape index (κ1) is 19.3. The number of cyclic esters (lactones) is 1. The molecule has 28 heavy (non-hydrogen) atoms. The number of amides is 2. The lowest BCUT2D eigenvalue weighted by Gasteiger charge is -2.14. The van der Waals surface area contributed by atoms with E-state index < -0.39 is 18.0 Å². The molecule has 1 heterocycles. The summed E-state index contributed by atoms with van der Waals surface area (Å²) < 4.78 is 24.9. The van der Waals surface area contributed by atoms with Gasteiger partial charge in [0, 0.05) is 12.5 Å². The van der Waals surface area contributed by atoms with Gasteiger partial charge in [0.1, 0.15) is 11.9 Å². The first-order valence-corrected chi connectivity index (χ1v) is 8.60. The van der Waals surface area contributed by atoms with E-state index in [0.717, 1.165) is 0 Å². The summed E-state index contributed by atoms with van der Waals surface area (Å²) in [6.07, 6.45) is -1.11. The average molecular weight is 386 g/mol. The number of hydrogen-bond donors (Lipinski definition) is 1. The zero-order valence-electron chi connectivity index (χ0n) is 15.4. The lowest BCUT2D eigenvalue weighted by Crippen LogP contribution is -2.33. The molecule has 0 saturated carbocycles. The standard InChI is InChI=1S/C20H19FN2O5/c1-12(24)22-10-15-11-23(20(26)28-15)14-5-6-16(17(21)9-14)13-3-7-18(25)19(27-2)8-4-13/h3-9,15H,10-11H2,1-2H3,(H,22,24)/t15-/m0/s1. The highest BCUT2D eigenvalue weighted by Crippen LogP contribution is 2.29. The summed E-state index contributed by atoms with van der Waals surface area (Å²) in [6, 6.07) is 10.3. The average Bonchev–Trinajstić information content (AvgIpc) is 2.93. The topological polar surface area (TPSA) is 84.9 Å². The van der Waals surface area contributed by atoms with E-state index in [-0.39, 0.29) is 35.7 Å². The number of hydrogen-bond acceptors (Lipinski definition) is 5. The van der Waals surface area contributed by atoms with E-state index in [9.17, 15) is 18.8 Å². The van der Waals surface area contributed by atoms with Gasteiger partial charge in [0.15, 0.2) is 5.75 Å². The second kappa shape index (κ2) is 8.08. The quantitative estimate of drug-likeness (QED) is 0.853. The van der Waals surface area contributed by atoms with Crippen molar-refractivity contribution in [1.29, 1.82) is 0 Å². The minimum Gasteiger partial charge on any atom is -0.493 e. The lowest BCUT2D eigenvalue weighted by atomic mass is 10.1. The highest BCUT2D eigenvalue weighted by atomic mass is 19.1. The molecule has 0 aliphatic carbocycles. The van der Waals surface area contributed by atoms with Crippen LogP contribution in [0.4, 0.5) is 14.9 Å². The Morgan fingerprint density at radius 3 is 2.68 bits per heavy atom. The minimum absolute atomic E-state index is 0.160. The van der Waals surface area contributed by atoms with Crippen molar-refractivity contribution in [1.82, 2.24) is 5.32 Å². The van der Waals surface area contributed by atoms with Gasteiger partial charge in [0.2, 0.25) is 11.3 Å². The molecule has 0 bridgehead atoms. The van der Waals surface area contributed by atoms with Gasteiger partial charge in [0.25, 0.3) is 0 Å². The molecule has 146 valence electrons. The number of anilines is 1. The number of ether oxygens (including phenoxy) is 2. The zero-order valence-corrected chi connectivity index (χ0v) is 15.4. The summed E-state index contributed by atoms with van der Waals surface area (Å²) in [5.74, 6) is -0.611. The Morgan fingerprint density at radius 2 is 2.00 bits per heavy atom. The molecule has 1 aliphatic heterocycles. The summed E-state index contributed by atoms with van der Waals surface area (Å²) in [5.41, 5.74) is 0.815. The van der Waals surface area contributed by atoms with Crippen LogP contribution >= 0.6 is 0 Å². The molecule has 2 aromatic rings. The van der Waals surface area contributed by atoms with Crippen LogP contribution in [0.2, 0.25) is 0 Å². The van der Waals surface area contributed by atoms with Crippen LogP contribution in [0.5, 0.6) is 5.75 Å². The largest absolute Gasteiger partial charge is 0.493 e. The Kier molecular flexibility index (Phi) is 5.58. The van der Waals surface area contributed by atoms with Crippen molar-refractivity contribution in [3.05, 3.63) is 58.5 Å². The molecule has 7 nitrogen and oxygen atoms in total. The third-order valence-corrected chi connectivity index (χ3v) is 4.32. The van der Waals surface area contributed by atoms with E-state index in [1.54, 1.807) is 12.1 Å². The molecule has 3 rings (SSSR count). The van der Waals surface area contributed by atoms with Gasteiger partial charge in [-0.25, -0.2) is 9.18 Å². The van der Waals surface area contributed by atoms with Gasteiger partial charge >= 0.3 is 6.09 Å². The number of carbonyl (C=O) groups excluding carboxylic acids is 2. The highest BCUT2D eigenvalue weighted by molar-refractivity contribution is 5.90. The van der Waals surface area contributed by atoms with Crippen molar-refractivity contribution < 1.29 is 23.5 Å². The van der Waals surface area contributed by atoms with Crippen LogP contribution in [0, 0.1) is 5.82 Å². The molecule has 8 heteroatoms. The van der Waals surface area contributed by atoms with Crippen molar-refractivity contribution in [3.8, 4) is 16.9 Å². The molecule has 2 aromatic carbocycles. The molecule has 1 saturated heterocycles. The van der Waals surface area contributed by atoms with Gasteiger partial charge in [-0.1, -0.05) is 12.1 Å². The fraction of sp³-hybridized carbons (Fsp3) is 0.250. The Morgan fingerprint density at radius 1 is 1.25 bits per heavy atom. The maximum atomic E-state index is 14.7. The minimum atomic E-state index is -0.602. The predicted octanol–water partition coefficient (Wildman–Crippen LogP) is 2.32. The molecule has 1 fully saturated rings. The Bertz CT molecular complexity index is 979. The normalized spacial score (nSPS) is 15.9. The number of nitrogens with zero attached hydrogens (tertiary/aromatic N) is 1. The third kappa shape index (κ3) is 4.11. The van der Waals surface area contributed by atoms with E-state index in [1.165, 1.54) is 49.3 Å². The van der Waals surface area contributed by atoms with Crippen molar-refractivity contribution in [2.75, 3.05) is 25.1 Å². The molecular weight excluding hydrogens is 367 g/mol. The van der Waals surface area contributed by atoms with Crippen LogP contribution in [-0.4, -0.2) is 38.3 Å². The van der Waals surface area contributed by atoms with E-state index >= 15 is 0 Å². The molecule has 0 unspecified atom stereocenters. The Balaban J connectivity index is 1.83. The molecular formula is C20H19FN2O5. The molecule has 0 spiro atoms. The van der Waals surface area contributed by atoms with Gasteiger partial charge in [-0.15, -0.1) is 0 Å². The van der Waals surface area contributed by atoms with E-state index in [1.807, 2.05) is 0 Å².